The fourth-order valence-corrected chi connectivity index (χ4v) is 1.91. The van der Waals surface area contributed by atoms with Crippen LogP contribution in [0, 0.1) is 5.82 Å². The van der Waals surface area contributed by atoms with Crippen LogP contribution < -0.4 is 15.2 Å². The molecule has 0 aliphatic carbocycles. The largest absolute Gasteiger partial charge is 0.480 e. The van der Waals surface area contributed by atoms with E-state index in [0.717, 1.165) is 0 Å². The van der Waals surface area contributed by atoms with Crippen molar-refractivity contribution in [3.63, 3.8) is 0 Å². The summed E-state index contributed by atoms with van der Waals surface area (Å²) in [6.45, 7) is 0. The van der Waals surface area contributed by atoms with Gasteiger partial charge in [-0.2, -0.15) is 4.98 Å². The number of ether oxygens (including phenoxy) is 2. The summed E-state index contributed by atoms with van der Waals surface area (Å²) in [5.74, 6) is -0.0119. The van der Waals surface area contributed by atoms with Crippen molar-refractivity contribution in [3.05, 3.63) is 46.5 Å². The summed E-state index contributed by atoms with van der Waals surface area (Å²) >= 11 is 5.86. The maximum atomic E-state index is 13.8. The zero-order chi connectivity index (χ0) is 14.7. The summed E-state index contributed by atoms with van der Waals surface area (Å²) in [5, 5.41) is 0.386. The molecule has 1 unspecified atom stereocenters. The third kappa shape index (κ3) is 2.81. The molecule has 0 bridgehead atoms. The maximum Gasteiger partial charge on any atom is 0.240 e. The monoisotopic (exact) mass is 297 g/mol. The molecule has 0 aliphatic heterocycles. The standard InChI is InChI=1S/C13H13ClFN3O2/c1-19-10-6-17-12(13(18-10)20-2)11(16)8-5-7(14)3-4-9(8)15/h3-6,11H,16H2,1-2H3. The predicted octanol–water partition coefficient (Wildman–Crippen LogP) is 2.33. The Balaban J connectivity index is 2.47. The lowest BCUT2D eigenvalue weighted by atomic mass is 10.0. The van der Waals surface area contributed by atoms with E-state index in [1.807, 2.05) is 0 Å². The number of benzene rings is 1. The van der Waals surface area contributed by atoms with Crippen LogP contribution in [-0.4, -0.2) is 24.2 Å². The van der Waals surface area contributed by atoms with Crippen LogP contribution in [0.3, 0.4) is 0 Å². The first-order chi connectivity index (χ1) is 9.56. The number of nitrogens with zero attached hydrogens (tertiary/aromatic N) is 2. The van der Waals surface area contributed by atoms with Gasteiger partial charge < -0.3 is 15.2 Å². The van der Waals surface area contributed by atoms with Gasteiger partial charge in [0.15, 0.2) is 0 Å². The molecule has 0 fully saturated rings. The first kappa shape index (κ1) is 14.5. The predicted molar refractivity (Wildman–Crippen MR) is 72.6 cm³/mol. The Kier molecular flexibility index (Phi) is 4.36. The van der Waals surface area contributed by atoms with E-state index in [-0.39, 0.29) is 17.3 Å². The van der Waals surface area contributed by atoms with Crippen molar-refractivity contribution in [2.24, 2.45) is 5.73 Å². The van der Waals surface area contributed by atoms with Crippen LogP contribution >= 0.6 is 11.6 Å². The Morgan fingerprint density at radius 1 is 1.30 bits per heavy atom. The van der Waals surface area contributed by atoms with Crippen molar-refractivity contribution in [1.82, 2.24) is 9.97 Å². The van der Waals surface area contributed by atoms with Gasteiger partial charge in [-0.05, 0) is 18.2 Å². The summed E-state index contributed by atoms with van der Waals surface area (Å²) in [5.41, 5.74) is 6.55. The van der Waals surface area contributed by atoms with E-state index in [2.05, 4.69) is 9.97 Å². The maximum absolute atomic E-state index is 13.8. The molecule has 0 saturated carbocycles. The molecule has 1 heterocycles. The van der Waals surface area contributed by atoms with Crippen LogP contribution in [0.15, 0.2) is 24.4 Å². The van der Waals surface area contributed by atoms with E-state index in [1.165, 1.54) is 38.6 Å². The second kappa shape index (κ2) is 6.02. The van der Waals surface area contributed by atoms with Crippen LogP contribution in [0.1, 0.15) is 17.3 Å². The Morgan fingerprint density at radius 3 is 2.70 bits per heavy atom. The van der Waals surface area contributed by atoms with Crippen LogP contribution in [0.5, 0.6) is 11.8 Å². The van der Waals surface area contributed by atoms with E-state index in [4.69, 9.17) is 26.8 Å². The molecule has 1 atom stereocenters. The van der Waals surface area contributed by atoms with Gasteiger partial charge in [0.1, 0.15) is 11.5 Å². The van der Waals surface area contributed by atoms with Crippen LogP contribution in [0.2, 0.25) is 5.02 Å². The SMILES string of the molecule is COc1cnc(C(N)c2cc(Cl)ccc2F)c(OC)n1. The van der Waals surface area contributed by atoms with Gasteiger partial charge >= 0.3 is 0 Å². The average molecular weight is 298 g/mol. The molecule has 2 N–H and O–H groups in total. The van der Waals surface area contributed by atoms with Crippen molar-refractivity contribution < 1.29 is 13.9 Å². The molecular formula is C13H13ClFN3O2. The van der Waals surface area contributed by atoms with E-state index in [0.29, 0.717) is 10.7 Å². The Labute approximate surface area is 120 Å². The minimum atomic E-state index is -0.845. The molecule has 1 aromatic carbocycles. The number of rotatable bonds is 4. The summed E-state index contributed by atoms with van der Waals surface area (Å²) in [7, 11) is 2.88. The molecule has 0 amide bonds. The summed E-state index contributed by atoms with van der Waals surface area (Å²) < 4.78 is 23.9. The fourth-order valence-electron chi connectivity index (χ4n) is 1.73. The van der Waals surface area contributed by atoms with E-state index in [1.54, 1.807) is 0 Å². The lowest BCUT2D eigenvalue weighted by molar-refractivity contribution is 0.355. The normalized spacial score (nSPS) is 12.1. The highest BCUT2D eigenvalue weighted by atomic mass is 35.5. The van der Waals surface area contributed by atoms with E-state index >= 15 is 0 Å². The highest BCUT2D eigenvalue weighted by Gasteiger charge is 2.21. The van der Waals surface area contributed by atoms with Gasteiger partial charge in [0.25, 0.3) is 0 Å². The van der Waals surface area contributed by atoms with Crippen molar-refractivity contribution in [2.45, 2.75) is 6.04 Å². The lowest BCUT2D eigenvalue weighted by Gasteiger charge is -2.15. The number of methoxy groups -OCH3 is 2. The smallest absolute Gasteiger partial charge is 0.240 e. The molecule has 20 heavy (non-hydrogen) atoms. The summed E-state index contributed by atoms with van der Waals surface area (Å²) in [6, 6.07) is 3.31. The number of hydrogen-bond donors (Lipinski definition) is 1. The number of halogens is 2. The zero-order valence-electron chi connectivity index (χ0n) is 10.9. The molecule has 5 nitrogen and oxygen atoms in total. The van der Waals surface area contributed by atoms with Gasteiger partial charge in [-0.1, -0.05) is 11.6 Å². The average Bonchev–Trinajstić information content (AvgIpc) is 2.48. The molecule has 106 valence electrons. The quantitative estimate of drug-likeness (QED) is 0.938. The van der Waals surface area contributed by atoms with Gasteiger partial charge in [-0.25, -0.2) is 9.37 Å². The first-order valence-corrected chi connectivity index (χ1v) is 6.10. The highest BCUT2D eigenvalue weighted by Crippen LogP contribution is 2.29. The third-order valence-corrected chi connectivity index (χ3v) is 2.97. The number of hydrogen-bond acceptors (Lipinski definition) is 5. The van der Waals surface area contributed by atoms with Crippen molar-refractivity contribution in [2.75, 3.05) is 14.2 Å². The Bertz CT molecular complexity index is 625. The van der Waals surface area contributed by atoms with Crippen LogP contribution in [0.4, 0.5) is 4.39 Å². The minimum Gasteiger partial charge on any atom is -0.480 e. The molecule has 2 rings (SSSR count). The molecular weight excluding hydrogens is 285 g/mol. The number of aromatic nitrogens is 2. The minimum absolute atomic E-state index is 0.177. The summed E-state index contributed by atoms with van der Waals surface area (Å²) in [6.07, 6.45) is 1.39. The van der Waals surface area contributed by atoms with E-state index < -0.39 is 11.9 Å². The fraction of sp³-hybridized carbons (Fsp3) is 0.231. The van der Waals surface area contributed by atoms with Gasteiger partial charge in [0.2, 0.25) is 11.8 Å². The topological polar surface area (TPSA) is 70.3 Å². The van der Waals surface area contributed by atoms with Crippen molar-refractivity contribution in [1.29, 1.82) is 0 Å². The lowest BCUT2D eigenvalue weighted by Crippen LogP contribution is -2.17. The van der Waals surface area contributed by atoms with Crippen molar-refractivity contribution >= 4 is 11.6 Å². The number of nitrogens with two attached hydrogens (primary N) is 1. The summed E-state index contributed by atoms with van der Waals surface area (Å²) in [4.78, 5) is 8.19. The molecule has 0 saturated heterocycles. The molecule has 1 aromatic heterocycles. The van der Waals surface area contributed by atoms with Gasteiger partial charge in [0.05, 0.1) is 26.5 Å². The van der Waals surface area contributed by atoms with Gasteiger partial charge in [-0.15, -0.1) is 0 Å². The van der Waals surface area contributed by atoms with E-state index in [9.17, 15) is 4.39 Å². The molecule has 7 heteroatoms. The molecule has 0 spiro atoms. The zero-order valence-corrected chi connectivity index (χ0v) is 11.7. The van der Waals surface area contributed by atoms with Gasteiger partial charge in [0, 0.05) is 10.6 Å². The Morgan fingerprint density at radius 2 is 2.05 bits per heavy atom. The van der Waals surface area contributed by atoms with Crippen LogP contribution in [0.25, 0.3) is 0 Å². The second-order valence-corrected chi connectivity index (χ2v) is 4.39. The van der Waals surface area contributed by atoms with Gasteiger partial charge in [-0.3, -0.25) is 0 Å². The molecule has 2 aromatic rings. The molecule has 0 aliphatic rings. The van der Waals surface area contributed by atoms with Crippen LogP contribution in [-0.2, 0) is 0 Å². The third-order valence-electron chi connectivity index (χ3n) is 2.74. The first-order valence-electron chi connectivity index (χ1n) is 5.72. The molecule has 0 radical (unpaired) electrons. The Hall–Kier alpha value is -1.92. The second-order valence-electron chi connectivity index (χ2n) is 3.95. The highest BCUT2D eigenvalue weighted by molar-refractivity contribution is 6.30. The van der Waals surface area contributed by atoms with Crippen molar-refractivity contribution in [3.8, 4) is 11.8 Å².